The molecule has 20 heavy (non-hydrogen) atoms. The van der Waals surface area contributed by atoms with Gasteiger partial charge in [0.05, 0.1) is 0 Å². The van der Waals surface area contributed by atoms with Gasteiger partial charge in [0.2, 0.25) is 5.88 Å². The molecular weight excluding hydrogens is 324 g/mol. The van der Waals surface area contributed by atoms with Crippen LogP contribution in [0.2, 0.25) is 0 Å². The number of hydrogen-bond donors (Lipinski definition) is 2. The molecule has 106 valence electrons. The third kappa shape index (κ3) is 2.43. The summed E-state index contributed by atoms with van der Waals surface area (Å²) in [6.45, 7) is 5.32. The van der Waals surface area contributed by atoms with Crippen LogP contribution >= 0.6 is 15.9 Å². The number of halogens is 1. The molecule has 0 saturated heterocycles. The van der Waals surface area contributed by atoms with E-state index in [1.54, 1.807) is 45.0 Å². The fourth-order valence-corrected chi connectivity index (χ4v) is 2.54. The first kappa shape index (κ1) is 14.6. The minimum atomic E-state index is -0.651. The van der Waals surface area contributed by atoms with Crippen molar-refractivity contribution in [1.29, 1.82) is 0 Å². The van der Waals surface area contributed by atoms with E-state index >= 15 is 0 Å². The van der Waals surface area contributed by atoms with Gasteiger partial charge in [0.1, 0.15) is 5.56 Å². The second-order valence-electron chi connectivity index (χ2n) is 5.44. The number of hydrogen-bond acceptors (Lipinski definition) is 3. The Hall–Kier alpha value is -1.82. The molecule has 1 aromatic heterocycles. The third-order valence-corrected chi connectivity index (χ3v) is 3.59. The number of H-pyrrole nitrogens is 1. The quantitative estimate of drug-likeness (QED) is 0.838. The number of nitrogens with one attached hydrogen (secondary N) is 1. The number of aromatic hydroxyl groups is 1. The van der Waals surface area contributed by atoms with Gasteiger partial charge < -0.3 is 5.11 Å². The summed E-state index contributed by atoms with van der Waals surface area (Å²) in [5.74, 6) is -0.335. The fourth-order valence-electron chi connectivity index (χ4n) is 2.05. The van der Waals surface area contributed by atoms with Crippen LogP contribution in [0.3, 0.4) is 0 Å². The van der Waals surface area contributed by atoms with Gasteiger partial charge in [-0.15, -0.1) is 0 Å². The largest absolute Gasteiger partial charge is 0.494 e. The lowest BCUT2D eigenvalue weighted by atomic mass is 10.1. The standard InChI is InChI=1S/C14H15BrN2O3/c1-14(2,3)17-12(19)10(11(18)16-13(17)20)8-6-4-5-7-9(8)15/h4-7,19H,1-3H3,(H,16,18,20). The van der Waals surface area contributed by atoms with Crippen LogP contribution in [-0.4, -0.2) is 14.7 Å². The molecule has 0 bridgehead atoms. The molecule has 0 atom stereocenters. The molecule has 0 amide bonds. The summed E-state index contributed by atoms with van der Waals surface area (Å²) in [7, 11) is 0. The second kappa shape index (κ2) is 4.94. The molecule has 0 radical (unpaired) electrons. The van der Waals surface area contributed by atoms with Crippen LogP contribution in [0.5, 0.6) is 5.88 Å². The molecule has 0 aliphatic heterocycles. The predicted octanol–water partition coefficient (Wildman–Crippen LogP) is 2.43. The average Bonchev–Trinajstić information content (AvgIpc) is 2.28. The lowest BCUT2D eigenvalue weighted by molar-refractivity contribution is 0.308. The van der Waals surface area contributed by atoms with E-state index in [2.05, 4.69) is 20.9 Å². The minimum absolute atomic E-state index is 0.0759. The van der Waals surface area contributed by atoms with Crippen LogP contribution < -0.4 is 11.2 Å². The van der Waals surface area contributed by atoms with Crippen molar-refractivity contribution >= 4 is 15.9 Å². The van der Waals surface area contributed by atoms with Crippen LogP contribution in [0.15, 0.2) is 38.3 Å². The molecule has 0 aliphatic rings. The number of rotatable bonds is 1. The lowest BCUT2D eigenvalue weighted by Crippen LogP contribution is -2.39. The molecule has 6 heteroatoms. The molecule has 0 fully saturated rings. The van der Waals surface area contributed by atoms with E-state index in [0.717, 1.165) is 0 Å². The van der Waals surface area contributed by atoms with Crippen molar-refractivity contribution in [2.24, 2.45) is 0 Å². The zero-order chi connectivity index (χ0) is 15.1. The topological polar surface area (TPSA) is 75.1 Å². The van der Waals surface area contributed by atoms with Crippen molar-refractivity contribution in [3.05, 3.63) is 49.6 Å². The van der Waals surface area contributed by atoms with E-state index in [1.165, 1.54) is 4.57 Å². The van der Waals surface area contributed by atoms with Crippen LogP contribution in [-0.2, 0) is 5.54 Å². The summed E-state index contributed by atoms with van der Waals surface area (Å²) >= 11 is 3.34. The summed E-state index contributed by atoms with van der Waals surface area (Å²) in [6.07, 6.45) is 0. The van der Waals surface area contributed by atoms with Gasteiger partial charge in [-0.2, -0.15) is 0 Å². The molecule has 0 unspecified atom stereocenters. The molecule has 1 heterocycles. The number of aromatic nitrogens is 2. The predicted molar refractivity (Wildman–Crippen MR) is 81.1 cm³/mol. The Balaban J connectivity index is 2.90. The second-order valence-corrected chi connectivity index (χ2v) is 6.30. The molecule has 0 aliphatic carbocycles. The Kier molecular flexibility index (Phi) is 3.60. The normalized spacial score (nSPS) is 11.6. The Bertz CT molecular complexity index is 769. The van der Waals surface area contributed by atoms with Gasteiger partial charge in [0.25, 0.3) is 5.56 Å². The highest BCUT2D eigenvalue weighted by Gasteiger charge is 2.24. The maximum absolute atomic E-state index is 12.0. The van der Waals surface area contributed by atoms with Crippen LogP contribution in [0, 0.1) is 0 Å². The van der Waals surface area contributed by atoms with Crippen molar-refractivity contribution in [1.82, 2.24) is 9.55 Å². The molecule has 2 rings (SSSR count). The smallest absolute Gasteiger partial charge is 0.331 e. The summed E-state index contributed by atoms with van der Waals surface area (Å²) in [5.41, 5.74) is -1.28. The van der Waals surface area contributed by atoms with Gasteiger partial charge in [-0.3, -0.25) is 14.3 Å². The summed E-state index contributed by atoms with van der Waals surface area (Å²) < 4.78 is 1.84. The maximum atomic E-state index is 12.0. The Morgan fingerprint density at radius 2 is 1.80 bits per heavy atom. The van der Waals surface area contributed by atoms with Gasteiger partial charge in [-0.25, -0.2) is 4.79 Å². The first-order chi connectivity index (χ1) is 9.23. The van der Waals surface area contributed by atoms with E-state index in [9.17, 15) is 14.7 Å². The Labute approximate surface area is 124 Å². The van der Waals surface area contributed by atoms with Gasteiger partial charge in [0, 0.05) is 15.6 Å². The van der Waals surface area contributed by atoms with E-state index in [1.807, 2.05) is 0 Å². The highest BCUT2D eigenvalue weighted by Crippen LogP contribution is 2.32. The number of benzene rings is 1. The fraction of sp³-hybridized carbons (Fsp3) is 0.286. The summed E-state index contributed by atoms with van der Waals surface area (Å²) in [5, 5.41) is 10.4. The Morgan fingerprint density at radius 1 is 1.20 bits per heavy atom. The van der Waals surface area contributed by atoms with Gasteiger partial charge in [0.15, 0.2) is 0 Å². The maximum Gasteiger partial charge on any atom is 0.331 e. The monoisotopic (exact) mass is 338 g/mol. The Morgan fingerprint density at radius 3 is 2.35 bits per heavy atom. The first-order valence-electron chi connectivity index (χ1n) is 6.07. The van der Waals surface area contributed by atoms with Crippen molar-refractivity contribution in [3.63, 3.8) is 0 Å². The number of aromatic amines is 1. The molecule has 2 N–H and O–H groups in total. The average molecular weight is 339 g/mol. The van der Waals surface area contributed by atoms with Gasteiger partial charge >= 0.3 is 5.69 Å². The number of nitrogens with zero attached hydrogens (tertiary/aromatic N) is 1. The zero-order valence-corrected chi connectivity index (χ0v) is 13.0. The van der Waals surface area contributed by atoms with Crippen molar-refractivity contribution < 1.29 is 5.11 Å². The van der Waals surface area contributed by atoms with E-state index in [-0.39, 0.29) is 11.4 Å². The SMILES string of the molecule is CC(C)(C)n1c(O)c(-c2ccccc2Br)c(=O)[nH]c1=O. The zero-order valence-electron chi connectivity index (χ0n) is 11.4. The van der Waals surface area contributed by atoms with Crippen LogP contribution in [0.1, 0.15) is 20.8 Å². The summed E-state index contributed by atoms with van der Waals surface area (Å²) in [4.78, 5) is 26.2. The molecule has 1 aromatic carbocycles. The van der Waals surface area contributed by atoms with Crippen LogP contribution in [0.25, 0.3) is 11.1 Å². The lowest BCUT2D eigenvalue weighted by Gasteiger charge is -2.24. The first-order valence-corrected chi connectivity index (χ1v) is 6.86. The molecular formula is C14H15BrN2O3. The highest BCUT2D eigenvalue weighted by atomic mass is 79.9. The van der Waals surface area contributed by atoms with Gasteiger partial charge in [-0.1, -0.05) is 34.1 Å². The van der Waals surface area contributed by atoms with Crippen molar-refractivity contribution in [2.45, 2.75) is 26.3 Å². The van der Waals surface area contributed by atoms with E-state index in [4.69, 9.17) is 0 Å². The summed E-state index contributed by atoms with van der Waals surface area (Å²) in [6, 6.07) is 7.02. The van der Waals surface area contributed by atoms with Crippen molar-refractivity contribution in [3.8, 4) is 17.0 Å². The molecule has 0 saturated carbocycles. The third-order valence-electron chi connectivity index (χ3n) is 2.90. The van der Waals surface area contributed by atoms with E-state index in [0.29, 0.717) is 10.0 Å². The van der Waals surface area contributed by atoms with E-state index < -0.39 is 16.8 Å². The van der Waals surface area contributed by atoms with Gasteiger partial charge in [-0.05, 0) is 26.8 Å². The van der Waals surface area contributed by atoms with Crippen molar-refractivity contribution in [2.75, 3.05) is 0 Å². The minimum Gasteiger partial charge on any atom is -0.494 e. The van der Waals surface area contributed by atoms with Crippen LogP contribution in [0.4, 0.5) is 0 Å². The molecule has 2 aromatic rings. The molecule has 5 nitrogen and oxygen atoms in total. The molecule has 0 spiro atoms. The highest BCUT2D eigenvalue weighted by molar-refractivity contribution is 9.10.